The van der Waals surface area contributed by atoms with Gasteiger partial charge in [-0.15, -0.1) is 11.8 Å². The summed E-state index contributed by atoms with van der Waals surface area (Å²) in [6.45, 7) is 4.42. The second kappa shape index (κ2) is 8.08. The Morgan fingerprint density at radius 1 is 1.35 bits per heavy atom. The highest BCUT2D eigenvalue weighted by atomic mass is 32.2. The van der Waals surface area contributed by atoms with Crippen LogP contribution in [0.25, 0.3) is 0 Å². The Labute approximate surface area is 157 Å². The van der Waals surface area contributed by atoms with E-state index < -0.39 is 5.82 Å². The summed E-state index contributed by atoms with van der Waals surface area (Å²) in [5.74, 6) is -0.589. The Morgan fingerprint density at radius 2 is 2.15 bits per heavy atom. The van der Waals surface area contributed by atoms with Gasteiger partial charge >= 0.3 is 5.97 Å². The number of benzene rings is 1. The SMILES string of the molecule is COC(=O)C1CC1c1ccc(OCc2cccc(SC(C)C)n2)c(F)c1. The average molecular weight is 375 g/mol. The number of pyridine rings is 1. The summed E-state index contributed by atoms with van der Waals surface area (Å²) in [6, 6.07) is 10.6. The van der Waals surface area contributed by atoms with Crippen LogP contribution >= 0.6 is 11.8 Å². The Kier molecular flexibility index (Phi) is 5.81. The molecular formula is C20H22FNO3S. The number of hydrogen-bond donors (Lipinski definition) is 0. The number of carbonyl (C=O) groups is 1. The number of rotatable bonds is 7. The molecule has 6 heteroatoms. The molecule has 1 aromatic heterocycles. The van der Waals surface area contributed by atoms with Crippen LogP contribution in [0.1, 0.15) is 37.4 Å². The van der Waals surface area contributed by atoms with E-state index in [1.807, 2.05) is 24.3 Å². The van der Waals surface area contributed by atoms with Crippen molar-refractivity contribution < 1.29 is 18.7 Å². The van der Waals surface area contributed by atoms with E-state index in [-0.39, 0.29) is 30.2 Å². The Balaban J connectivity index is 1.62. The van der Waals surface area contributed by atoms with Crippen LogP contribution in [0, 0.1) is 11.7 Å². The van der Waals surface area contributed by atoms with Gasteiger partial charge in [-0.3, -0.25) is 4.79 Å². The molecule has 3 rings (SSSR count). The van der Waals surface area contributed by atoms with Crippen LogP contribution in [0.2, 0.25) is 0 Å². The van der Waals surface area contributed by atoms with E-state index >= 15 is 0 Å². The van der Waals surface area contributed by atoms with Gasteiger partial charge in [-0.2, -0.15) is 0 Å². The molecule has 138 valence electrons. The maximum atomic E-state index is 14.3. The fraction of sp³-hybridized carbons (Fsp3) is 0.400. The van der Waals surface area contributed by atoms with E-state index in [4.69, 9.17) is 9.47 Å². The predicted molar refractivity (Wildman–Crippen MR) is 98.8 cm³/mol. The third kappa shape index (κ3) is 4.55. The van der Waals surface area contributed by atoms with Crippen molar-refractivity contribution in [3.05, 3.63) is 53.5 Å². The summed E-state index contributed by atoms with van der Waals surface area (Å²) in [7, 11) is 1.37. The molecule has 0 bridgehead atoms. The fourth-order valence-corrected chi connectivity index (χ4v) is 3.65. The molecule has 1 aliphatic rings. The number of halogens is 1. The van der Waals surface area contributed by atoms with Gasteiger partial charge in [-0.1, -0.05) is 26.0 Å². The van der Waals surface area contributed by atoms with E-state index in [2.05, 4.69) is 18.8 Å². The molecule has 0 N–H and O–H groups in total. The molecule has 1 saturated carbocycles. The molecule has 2 aromatic rings. The molecule has 0 spiro atoms. The molecule has 1 aliphatic carbocycles. The maximum absolute atomic E-state index is 14.3. The molecule has 2 unspecified atom stereocenters. The minimum atomic E-state index is -0.425. The number of nitrogens with zero attached hydrogens (tertiary/aromatic N) is 1. The number of thioether (sulfide) groups is 1. The lowest BCUT2D eigenvalue weighted by Gasteiger charge is -2.10. The van der Waals surface area contributed by atoms with Gasteiger partial charge in [0.25, 0.3) is 0 Å². The highest BCUT2D eigenvalue weighted by molar-refractivity contribution is 7.99. The Hall–Kier alpha value is -2.08. The zero-order valence-electron chi connectivity index (χ0n) is 15.1. The highest BCUT2D eigenvalue weighted by Crippen LogP contribution is 2.48. The molecule has 0 aliphatic heterocycles. The Bertz CT molecular complexity index is 796. The van der Waals surface area contributed by atoms with Crippen LogP contribution in [-0.4, -0.2) is 23.3 Å². The summed E-state index contributed by atoms with van der Waals surface area (Å²) in [6.07, 6.45) is 0.705. The molecule has 4 nitrogen and oxygen atoms in total. The van der Waals surface area contributed by atoms with Gasteiger partial charge in [0, 0.05) is 5.25 Å². The van der Waals surface area contributed by atoms with E-state index in [1.54, 1.807) is 17.8 Å². The van der Waals surface area contributed by atoms with Crippen molar-refractivity contribution in [1.82, 2.24) is 4.98 Å². The molecular weight excluding hydrogens is 353 g/mol. The zero-order valence-corrected chi connectivity index (χ0v) is 15.9. The number of hydrogen-bond acceptors (Lipinski definition) is 5. The summed E-state index contributed by atoms with van der Waals surface area (Å²) >= 11 is 1.68. The van der Waals surface area contributed by atoms with Crippen LogP contribution in [-0.2, 0) is 16.1 Å². The van der Waals surface area contributed by atoms with Crippen LogP contribution < -0.4 is 4.74 Å². The lowest BCUT2D eigenvalue weighted by Crippen LogP contribution is -2.04. The lowest BCUT2D eigenvalue weighted by molar-refractivity contribution is -0.142. The number of ether oxygens (including phenoxy) is 2. The quantitative estimate of drug-likeness (QED) is 0.524. The first kappa shape index (κ1) is 18.7. The van der Waals surface area contributed by atoms with E-state index in [1.165, 1.54) is 13.2 Å². The van der Waals surface area contributed by atoms with E-state index in [0.29, 0.717) is 11.7 Å². The fourth-order valence-electron chi connectivity index (χ4n) is 2.84. The first-order valence-corrected chi connectivity index (χ1v) is 9.48. The largest absolute Gasteiger partial charge is 0.484 e. The van der Waals surface area contributed by atoms with Crippen molar-refractivity contribution in [2.24, 2.45) is 5.92 Å². The minimum absolute atomic E-state index is 0.0393. The lowest BCUT2D eigenvalue weighted by atomic mass is 10.1. The highest BCUT2D eigenvalue weighted by Gasteiger charge is 2.45. The summed E-state index contributed by atoms with van der Waals surface area (Å²) in [5.41, 5.74) is 1.56. The number of methoxy groups -OCH3 is 1. The van der Waals surface area contributed by atoms with Crippen LogP contribution in [0.5, 0.6) is 5.75 Å². The number of carbonyl (C=O) groups excluding carboxylic acids is 1. The first-order chi connectivity index (χ1) is 12.5. The topological polar surface area (TPSA) is 48.4 Å². The van der Waals surface area contributed by atoms with Gasteiger partial charge in [0.2, 0.25) is 0 Å². The van der Waals surface area contributed by atoms with Crippen LogP contribution in [0.4, 0.5) is 4.39 Å². The van der Waals surface area contributed by atoms with Gasteiger partial charge in [-0.25, -0.2) is 9.37 Å². The first-order valence-electron chi connectivity index (χ1n) is 8.60. The number of esters is 1. The summed E-state index contributed by atoms with van der Waals surface area (Å²) < 4.78 is 24.7. The van der Waals surface area contributed by atoms with Crippen molar-refractivity contribution in [3.8, 4) is 5.75 Å². The summed E-state index contributed by atoms with van der Waals surface area (Å²) in [5, 5.41) is 1.37. The smallest absolute Gasteiger partial charge is 0.309 e. The van der Waals surface area contributed by atoms with Crippen molar-refractivity contribution in [3.63, 3.8) is 0 Å². The van der Waals surface area contributed by atoms with E-state index in [0.717, 1.165) is 16.3 Å². The molecule has 0 saturated heterocycles. The average Bonchev–Trinajstić information content (AvgIpc) is 3.40. The van der Waals surface area contributed by atoms with E-state index in [9.17, 15) is 9.18 Å². The maximum Gasteiger partial charge on any atom is 0.309 e. The molecule has 2 atom stereocenters. The standard InChI is InChI=1S/C20H22FNO3S/c1-12(2)26-19-6-4-5-14(22-19)11-25-18-8-7-13(9-17(18)21)15-10-16(15)20(23)24-3/h4-9,12,15-16H,10-11H2,1-3H3. The normalized spacial score (nSPS) is 18.7. The third-order valence-corrected chi connectivity index (χ3v) is 5.13. The molecule has 26 heavy (non-hydrogen) atoms. The van der Waals surface area contributed by atoms with Gasteiger partial charge < -0.3 is 9.47 Å². The molecule has 0 amide bonds. The second-order valence-electron chi connectivity index (χ2n) is 6.58. The molecule has 1 fully saturated rings. The molecule has 1 heterocycles. The molecule has 0 radical (unpaired) electrons. The van der Waals surface area contributed by atoms with Crippen LogP contribution in [0.15, 0.2) is 41.4 Å². The van der Waals surface area contributed by atoms with Gasteiger partial charge in [0.05, 0.1) is 23.7 Å². The van der Waals surface area contributed by atoms with Crippen LogP contribution in [0.3, 0.4) is 0 Å². The Morgan fingerprint density at radius 3 is 2.85 bits per heavy atom. The van der Waals surface area contributed by atoms with Gasteiger partial charge in [-0.05, 0) is 42.2 Å². The second-order valence-corrected chi connectivity index (χ2v) is 8.18. The minimum Gasteiger partial charge on any atom is -0.484 e. The third-order valence-electron chi connectivity index (χ3n) is 4.19. The van der Waals surface area contributed by atoms with Crippen molar-refractivity contribution >= 4 is 17.7 Å². The van der Waals surface area contributed by atoms with Crippen molar-refractivity contribution in [1.29, 1.82) is 0 Å². The van der Waals surface area contributed by atoms with Gasteiger partial charge in [0.1, 0.15) is 6.61 Å². The molecule has 1 aromatic carbocycles. The van der Waals surface area contributed by atoms with Crippen molar-refractivity contribution in [2.45, 2.75) is 43.1 Å². The predicted octanol–water partition coefficient (Wildman–Crippen LogP) is 4.58. The monoisotopic (exact) mass is 375 g/mol. The summed E-state index contributed by atoms with van der Waals surface area (Å²) in [4.78, 5) is 16.0. The van der Waals surface area contributed by atoms with Crippen molar-refractivity contribution in [2.75, 3.05) is 7.11 Å². The van der Waals surface area contributed by atoms with Gasteiger partial charge in [0.15, 0.2) is 11.6 Å². The number of aromatic nitrogens is 1. The zero-order chi connectivity index (χ0) is 18.7.